The predicted octanol–water partition coefficient (Wildman–Crippen LogP) is 3.15. The molecule has 3 unspecified atom stereocenters. The highest BCUT2D eigenvalue weighted by atomic mass is 32.2. The van der Waals surface area contributed by atoms with Crippen LogP contribution in [0.15, 0.2) is 0 Å². The van der Waals surface area contributed by atoms with Gasteiger partial charge in [0.05, 0.1) is 5.25 Å². The topological polar surface area (TPSA) is 46.2 Å². The monoisotopic (exact) mass is 301 g/mol. The molecule has 4 heteroatoms. The number of hydrogen-bond donors (Lipinski definition) is 1. The Morgan fingerprint density at radius 3 is 2.35 bits per heavy atom. The van der Waals surface area contributed by atoms with Crippen LogP contribution < -0.4 is 5.32 Å². The molecule has 2 saturated carbocycles. The molecule has 0 amide bonds. The molecule has 0 bridgehead atoms. The van der Waals surface area contributed by atoms with E-state index in [1.807, 2.05) is 0 Å². The molecule has 0 aromatic heterocycles. The van der Waals surface area contributed by atoms with E-state index in [9.17, 15) is 8.42 Å². The first-order chi connectivity index (χ1) is 9.43. The molecule has 2 fully saturated rings. The van der Waals surface area contributed by atoms with Crippen molar-refractivity contribution in [2.75, 3.05) is 13.3 Å². The minimum atomic E-state index is -2.88. The third-order valence-electron chi connectivity index (χ3n) is 6.02. The van der Waals surface area contributed by atoms with Crippen molar-refractivity contribution in [3.8, 4) is 0 Å². The van der Waals surface area contributed by atoms with E-state index in [2.05, 4.69) is 19.3 Å². The summed E-state index contributed by atoms with van der Waals surface area (Å²) in [4.78, 5) is 0. The van der Waals surface area contributed by atoms with Gasteiger partial charge in [0.1, 0.15) is 9.84 Å². The van der Waals surface area contributed by atoms with Gasteiger partial charge in [-0.3, -0.25) is 0 Å². The molecule has 0 saturated heterocycles. The first-order valence-electron chi connectivity index (χ1n) is 8.29. The lowest BCUT2D eigenvalue weighted by molar-refractivity contribution is 0.116. The smallest absolute Gasteiger partial charge is 0.150 e. The van der Waals surface area contributed by atoms with Crippen molar-refractivity contribution < 1.29 is 8.42 Å². The van der Waals surface area contributed by atoms with Crippen LogP contribution in [0, 0.1) is 11.3 Å². The van der Waals surface area contributed by atoms with Crippen molar-refractivity contribution in [1.82, 2.24) is 5.32 Å². The summed E-state index contributed by atoms with van der Waals surface area (Å²) >= 11 is 0. The second-order valence-corrected chi connectivity index (χ2v) is 9.39. The van der Waals surface area contributed by atoms with Crippen LogP contribution >= 0.6 is 0 Å². The number of hydrogen-bond acceptors (Lipinski definition) is 3. The van der Waals surface area contributed by atoms with E-state index in [1.165, 1.54) is 44.8 Å². The Morgan fingerprint density at radius 1 is 1.20 bits per heavy atom. The predicted molar refractivity (Wildman–Crippen MR) is 84.6 cm³/mol. The Kier molecular flexibility index (Phi) is 5.17. The Balaban J connectivity index is 2.15. The molecule has 1 N–H and O–H groups in total. The van der Waals surface area contributed by atoms with Crippen molar-refractivity contribution in [2.24, 2.45) is 11.3 Å². The fourth-order valence-corrected chi connectivity index (χ4v) is 6.07. The van der Waals surface area contributed by atoms with E-state index < -0.39 is 9.84 Å². The summed E-state index contributed by atoms with van der Waals surface area (Å²) in [7, 11) is -0.804. The lowest BCUT2D eigenvalue weighted by Gasteiger charge is -2.44. The molecule has 0 radical (unpaired) electrons. The molecule has 20 heavy (non-hydrogen) atoms. The van der Waals surface area contributed by atoms with Crippen LogP contribution in [0.2, 0.25) is 0 Å². The Hall–Kier alpha value is -0.0900. The third-order valence-corrected chi connectivity index (χ3v) is 7.66. The highest BCUT2D eigenvalue weighted by Gasteiger charge is 2.44. The van der Waals surface area contributed by atoms with E-state index in [0.717, 1.165) is 19.3 Å². The van der Waals surface area contributed by atoms with Gasteiger partial charge in [-0.25, -0.2) is 8.42 Å². The molecule has 2 aliphatic carbocycles. The Labute approximate surface area is 124 Å². The largest absolute Gasteiger partial charge is 0.316 e. The van der Waals surface area contributed by atoms with Crippen molar-refractivity contribution in [3.05, 3.63) is 0 Å². The molecule has 2 aliphatic rings. The molecule has 118 valence electrons. The van der Waals surface area contributed by atoms with Crippen molar-refractivity contribution >= 4 is 9.84 Å². The summed E-state index contributed by atoms with van der Waals surface area (Å²) < 4.78 is 23.8. The molecule has 3 nitrogen and oxygen atoms in total. The first kappa shape index (κ1) is 16.3. The maximum absolute atomic E-state index is 11.9. The van der Waals surface area contributed by atoms with Crippen LogP contribution in [0.25, 0.3) is 0 Å². The van der Waals surface area contributed by atoms with Gasteiger partial charge in [0.15, 0.2) is 0 Å². The second kappa shape index (κ2) is 6.35. The average Bonchev–Trinajstić information content (AvgIpc) is 2.89. The normalized spacial score (nSPS) is 32.1. The standard InChI is InChI=1S/C16H31NO2S/c1-4-16(10-5-6-11-16)15(17-2)13-8-7-9-14(12-13)20(3,18)19/h13-15,17H,4-12H2,1-3H3. The summed E-state index contributed by atoms with van der Waals surface area (Å²) in [6, 6.07) is 0.500. The van der Waals surface area contributed by atoms with Gasteiger partial charge < -0.3 is 5.32 Å². The average molecular weight is 301 g/mol. The first-order valence-corrected chi connectivity index (χ1v) is 10.2. The van der Waals surface area contributed by atoms with Crippen molar-refractivity contribution in [3.63, 3.8) is 0 Å². The molecule has 0 aromatic rings. The molecular formula is C16H31NO2S. The van der Waals surface area contributed by atoms with Gasteiger partial charge in [-0.2, -0.15) is 0 Å². The number of nitrogens with one attached hydrogen (secondary N) is 1. The SMILES string of the molecule is CCC1(C(NC)C2CCCC(S(C)(=O)=O)C2)CCCC1. The van der Waals surface area contributed by atoms with Gasteiger partial charge in [0.25, 0.3) is 0 Å². The van der Waals surface area contributed by atoms with Crippen LogP contribution in [0.3, 0.4) is 0 Å². The highest BCUT2D eigenvalue weighted by molar-refractivity contribution is 7.91. The summed E-state index contributed by atoms with van der Waals surface area (Å²) in [5.41, 5.74) is 0.415. The fraction of sp³-hybridized carbons (Fsp3) is 1.00. The minimum absolute atomic E-state index is 0.104. The van der Waals surface area contributed by atoms with E-state index in [0.29, 0.717) is 17.4 Å². The lowest BCUT2D eigenvalue weighted by atomic mass is 9.67. The van der Waals surface area contributed by atoms with Gasteiger partial charge in [0.2, 0.25) is 0 Å². The van der Waals surface area contributed by atoms with Crippen molar-refractivity contribution in [2.45, 2.75) is 76.0 Å². The van der Waals surface area contributed by atoms with Crippen molar-refractivity contribution in [1.29, 1.82) is 0 Å². The van der Waals surface area contributed by atoms with Gasteiger partial charge in [-0.05, 0) is 56.9 Å². The van der Waals surface area contributed by atoms with Gasteiger partial charge in [-0.15, -0.1) is 0 Å². The maximum atomic E-state index is 11.9. The van der Waals surface area contributed by atoms with Crippen LogP contribution in [0.4, 0.5) is 0 Å². The zero-order chi connectivity index (χ0) is 14.8. The van der Waals surface area contributed by atoms with Gasteiger partial charge in [0, 0.05) is 12.3 Å². The van der Waals surface area contributed by atoms with Gasteiger partial charge >= 0.3 is 0 Å². The van der Waals surface area contributed by atoms with Crippen LogP contribution in [0.1, 0.15) is 64.7 Å². The number of rotatable bonds is 5. The van der Waals surface area contributed by atoms with Gasteiger partial charge in [-0.1, -0.05) is 26.2 Å². The molecule has 0 aromatic carbocycles. The summed E-state index contributed by atoms with van der Waals surface area (Å²) in [6.07, 6.45) is 11.9. The van der Waals surface area contributed by atoms with Crippen LogP contribution in [0.5, 0.6) is 0 Å². The molecule has 3 atom stereocenters. The second-order valence-electron chi connectivity index (χ2n) is 7.07. The zero-order valence-electron chi connectivity index (χ0n) is 13.3. The maximum Gasteiger partial charge on any atom is 0.150 e. The summed E-state index contributed by atoms with van der Waals surface area (Å²) in [5, 5.41) is 3.48. The quantitative estimate of drug-likeness (QED) is 0.848. The van der Waals surface area contributed by atoms with E-state index in [-0.39, 0.29) is 5.25 Å². The van der Waals surface area contributed by atoms with E-state index in [4.69, 9.17) is 0 Å². The Bertz CT molecular complexity index is 412. The van der Waals surface area contributed by atoms with E-state index in [1.54, 1.807) is 0 Å². The Morgan fingerprint density at radius 2 is 1.85 bits per heavy atom. The molecular weight excluding hydrogens is 270 g/mol. The molecule has 0 spiro atoms. The minimum Gasteiger partial charge on any atom is -0.316 e. The lowest BCUT2D eigenvalue weighted by Crippen LogP contribution is -2.49. The van der Waals surface area contributed by atoms with E-state index >= 15 is 0 Å². The fourth-order valence-electron chi connectivity index (χ4n) is 4.88. The molecule has 0 heterocycles. The highest BCUT2D eigenvalue weighted by Crippen LogP contribution is 2.48. The molecule has 0 aliphatic heterocycles. The van der Waals surface area contributed by atoms with Crippen LogP contribution in [-0.2, 0) is 9.84 Å². The summed E-state index contributed by atoms with van der Waals surface area (Å²) in [6.45, 7) is 2.31. The number of sulfone groups is 1. The zero-order valence-corrected chi connectivity index (χ0v) is 14.1. The van der Waals surface area contributed by atoms with Crippen LogP contribution in [-0.4, -0.2) is 33.0 Å². The summed E-state index contributed by atoms with van der Waals surface area (Å²) in [5.74, 6) is 0.534. The molecule has 2 rings (SSSR count). The third kappa shape index (κ3) is 3.22.